The maximum atomic E-state index is 11.7. The van der Waals surface area contributed by atoms with Gasteiger partial charge in [0.2, 0.25) is 0 Å². The number of hydrogen-bond donors (Lipinski definition) is 1. The SMILES string of the molecule is Cn1nc(C2CCCCC2)nc1CC1(C(=O)O)CCCC1. The molecule has 116 valence electrons. The van der Waals surface area contributed by atoms with E-state index < -0.39 is 11.4 Å². The fraction of sp³-hybridized carbons (Fsp3) is 0.812. The maximum absolute atomic E-state index is 11.7. The first-order valence-electron chi connectivity index (χ1n) is 8.24. The summed E-state index contributed by atoms with van der Waals surface area (Å²) in [5.74, 6) is 1.59. The van der Waals surface area contributed by atoms with Gasteiger partial charge in [-0.3, -0.25) is 9.48 Å². The van der Waals surface area contributed by atoms with Crippen LogP contribution in [0.5, 0.6) is 0 Å². The Morgan fingerprint density at radius 3 is 2.52 bits per heavy atom. The normalized spacial score (nSPS) is 22.5. The van der Waals surface area contributed by atoms with Crippen molar-refractivity contribution in [1.29, 1.82) is 0 Å². The van der Waals surface area contributed by atoms with Gasteiger partial charge in [-0.2, -0.15) is 5.10 Å². The van der Waals surface area contributed by atoms with Gasteiger partial charge in [-0.25, -0.2) is 4.98 Å². The summed E-state index contributed by atoms with van der Waals surface area (Å²) in [7, 11) is 1.90. The Morgan fingerprint density at radius 2 is 1.90 bits per heavy atom. The molecule has 0 amide bonds. The lowest BCUT2D eigenvalue weighted by atomic mass is 9.82. The van der Waals surface area contributed by atoms with Gasteiger partial charge in [-0.05, 0) is 25.7 Å². The summed E-state index contributed by atoms with van der Waals surface area (Å²) in [5, 5.41) is 14.2. The lowest BCUT2D eigenvalue weighted by Crippen LogP contribution is -2.31. The molecule has 0 spiro atoms. The van der Waals surface area contributed by atoms with E-state index in [2.05, 4.69) is 5.10 Å². The van der Waals surface area contributed by atoms with Crippen molar-refractivity contribution in [2.75, 3.05) is 0 Å². The number of carboxylic acids is 1. The monoisotopic (exact) mass is 291 g/mol. The highest BCUT2D eigenvalue weighted by Gasteiger charge is 2.42. The molecular weight excluding hydrogens is 266 g/mol. The average molecular weight is 291 g/mol. The summed E-state index contributed by atoms with van der Waals surface area (Å²) in [4.78, 5) is 16.4. The van der Waals surface area contributed by atoms with Crippen LogP contribution in [-0.2, 0) is 18.3 Å². The predicted octanol–water partition coefficient (Wildman–Crippen LogP) is 3.05. The molecule has 1 aromatic heterocycles. The van der Waals surface area contributed by atoms with Gasteiger partial charge in [0.05, 0.1) is 5.41 Å². The van der Waals surface area contributed by atoms with E-state index in [-0.39, 0.29) is 0 Å². The van der Waals surface area contributed by atoms with E-state index in [9.17, 15) is 9.90 Å². The van der Waals surface area contributed by atoms with E-state index in [1.807, 2.05) is 11.7 Å². The zero-order chi connectivity index (χ0) is 14.9. The first-order valence-corrected chi connectivity index (χ1v) is 8.24. The molecule has 0 saturated heterocycles. The van der Waals surface area contributed by atoms with E-state index >= 15 is 0 Å². The minimum atomic E-state index is -0.665. The van der Waals surface area contributed by atoms with Crippen molar-refractivity contribution in [2.24, 2.45) is 12.5 Å². The van der Waals surface area contributed by atoms with Crippen molar-refractivity contribution < 1.29 is 9.90 Å². The molecule has 3 rings (SSSR count). The van der Waals surface area contributed by atoms with Crippen LogP contribution >= 0.6 is 0 Å². The highest BCUT2D eigenvalue weighted by molar-refractivity contribution is 5.75. The lowest BCUT2D eigenvalue weighted by molar-refractivity contribution is -0.148. The van der Waals surface area contributed by atoms with E-state index in [1.54, 1.807) is 0 Å². The molecule has 2 fully saturated rings. The van der Waals surface area contributed by atoms with Gasteiger partial charge < -0.3 is 5.11 Å². The molecule has 0 unspecified atom stereocenters. The van der Waals surface area contributed by atoms with Crippen molar-refractivity contribution in [1.82, 2.24) is 14.8 Å². The Morgan fingerprint density at radius 1 is 1.24 bits per heavy atom. The zero-order valence-corrected chi connectivity index (χ0v) is 12.8. The van der Waals surface area contributed by atoms with Crippen molar-refractivity contribution >= 4 is 5.97 Å². The van der Waals surface area contributed by atoms with Crippen LogP contribution < -0.4 is 0 Å². The smallest absolute Gasteiger partial charge is 0.310 e. The van der Waals surface area contributed by atoms with E-state index in [1.165, 1.54) is 32.1 Å². The van der Waals surface area contributed by atoms with Crippen LogP contribution in [0.25, 0.3) is 0 Å². The van der Waals surface area contributed by atoms with Crippen LogP contribution in [0.4, 0.5) is 0 Å². The van der Waals surface area contributed by atoms with Crippen LogP contribution in [0.2, 0.25) is 0 Å². The molecule has 2 saturated carbocycles. The summed E-state index contributed by atoms with van der Waals surface area (Å²) >= 11 is 0. The Hall–Kier alpha value is -1.39. The van der Waals surface area contributed by atoms with E-state index in [0.29, 0.717) is 12.3 Å². The van der Waals surface area contributed by atoms with E-state index in [4.69, 9.17) is 4.98 Å². The predicted molar refractivity (Wildman–Crippen MR) is 79.1 cm³/mol. The van der Waals surface area contributed by atoms with Crippen molar-refractivity contribution in [3.63, 3.8) is 0 Å². The minimum absolute atomic E-state index is 0.475. The molecule has 2 aliphatic carbocycles. The second kappa shape index (κ2) is 5.78. The summed E-state index contributed by atoms with van der Waals surface area (Å²) in [5.41, 5.74) is -0.607. The van der Waals surface area contributed by atoms with Crippen molar-refractivity contribution in [2.45, 2.75) is 70.1 Å². The molecule has 0 aromatic carbocycles. The molecule has 1 aromatic rings. The maximum Gasteiger partial charge on any atom is 0.310 e. The zero-order valence-electron chi connectivity index (χ0n) is 12.8. The number of carboxylic acid groups (broad SMARTS) is 1. The molecule has 0 bridgehead atoms. The Labute approximate surface area is 125 Å². The van der Waals surface area contributed by atoms with Crippen molar-refractivity contribution in [3.05, 3.63) is 11.6 Å². The molecule has 5 nitrogen and oxygen atoms in total. The molecule has 2 aliphatic rings. The number of rotatable bonds is 4. The van der Waals surface area contributed by atoms with Gasteiger partial charge in [0.25, 0.3) is 0 Å². The fourth-order valence-electron chi connectivity index (χ4n) is 3.95. The largest absolute Gasteiger partial charge is 0.481 e. The average Bonchev–Trinajstić information content (AvgIpc) is 3.09. The molecule has 1 N–H and O–H groups in total. The number of aryl methyl sites for hydroxylation is 1. The van der Waals surface area contributed by atoms with Crippen LogP contribution in [0.1, 0.15) is 75.4 Å². The highest BCUT2D eigenvalue weighted by Crippen LogP contribution is 2.41. The lowest BCUT2D eigenvalue weighted by Gasteiger charge is -2.22. The third kappa shape index (κ3) is 2.83. The first kappa shape index (κ1) is 14.5. The van der Waals surface area contributed by atoms with Gasteiger partial charge in [0.15, 0.2) is 5.82 Å². The fourth-order valence-corrected chi connectivity index (χ4v) is 3.95. The quantitative estimate of drug-likeness (QED) is 0.925. The summed E-state index contributed by atoms with van der Waals surface area (Å²) < 4.78 is 1.81. The number of aromatic nitrogens is 3. The Bertz CT molecular complexity index is 512. The second-order valence-electron chi connectivity index (χ2n) is 6.81. The molecule has 21 heavy (non-hydrogen) atoms. The number of nitrogens with zero attached hydrogens (tertiary/aromatic N) is 3. The van der Waals surface area contributed by atoms with Gasteiger partial charge in [-0.1, -0.05) is 32.1 Å². The topological polar surface area (TPSA) is 68.0 Å². The summed E-state index contributed by atoms with van der Waals surface area (Å²) in [6.07, 6.45) is 10.3. The minimum Gasteiger partial charge on any atom is -0.481 e. The molecule has 0 aliphatic heterocycles. The summed E-state index contributed by atoms with van der Waals surface area (Å²) in [6, 6.07) is 0. The standard InChI is InChI=1S/C16H25N3O2/c1-19-13(11-16(15(20)21)9-5-6-10-16)17-14(18-19)12-7-3-2-4-8-12/h12H,2-11H2,1H3,(H,20,21). The number of aliphatic carboxylic acids is 1. The van der Waals surface area contributed by atoms with Crippen LogP contribution in [-0.4, -0.2) is 25.8 Å². The number of carbonyl (C=O) groups is 1. The van der Waals surface area contributed by atoms with Gasteiger partial charge in [0.1, 0.15) is 5.82 Å². The molecular formula is C16H25N3O2. The summed E-state index contributed by atoms with van der Waals surface area (Å²) in [6.45, 7) is 0. The van der Waals surface area contributed by atoms with Gasteiger partial charge in [0, 0.05) is 19.4 Å². The third-order valence-electron chi connectivity index (χ3n) is 5.35. The Kier molecular flexibility index (Phi) is 4.00. The van der Waals surface area contributed by atoms with Crippen LogP contribution in [0.15, 0.2) is 0 Å². The van der Waals surface area contributed by atoms with Crippen molar-refractivity contribution in [3.8, 4) is 0 Å². The van der Waals surface area contributed by atoms with Crippen LogP contribution in [0.3, 0.4) is 0 Å². The van der Waals surface area contributed by atoms with Crippen LogP contribution in [0, 0.1) is 5.41 Å². The van der Waals surface area contributed by atoms with Gasteiger partial charge >= 0.3 is 5.97 Å². The highest BCUT2D eigenvalue weighted by atomic mass is 16.4. The molecule has 0 radical (unpaired) electrons. The van der Waals surface area contributed by atoms with E-state index in [0.717, 1.165) is 37.3 Å². The molecule has 0 atom stereocenters. The Balaban J connectivity index is 1.79. The first-order chi connectivity index (χ1) is 10.1. The van der Waals surface area contributed by atoms with Gasteiger partial charge in [-0.15, -0.1) is 0 Å². The number of hydrogen-bond acceptors (Lipinski definition) is 3. The molecule has 5 heteroatoms. The second-order valence-corrected chi connectivity index (χ2v) is 6.81. The third-order valence-corrected chi connectivity index (χ3v) is 5.35. The molecule has 1 heterocycles.